The number of hydrogen-bond acceptors (Lipinski definition) is 1. The number of nitrogens with zero attached hydrogens (tertiary/aromatic N) is 1. The van der Waals surface area contributed by atoms with Crippen molar-refractivity contribution in [2.75, 3.05) is 0 Å². The minimum Gasteiger partial charge on any atom is -0.242 e. The van der Waals surface area contributed by atoms with Crippen molar-refractivity contribution in [3.8, 4) is 0 Å². The lowest BCUT2D eigenvalue weighted by molar-refractivity contribution is 0.596. The van der Waals surface area contributed by atoms with Gasteiger partial charge in [-0.3, -0.25) is 0 Å². The van der Waals surface area contributed by atoms with Crippen molar-refractivity contribution in [2.24, 2.45) is 0 Å². The van der Waals surface area contributed by atoms with Gasteiger partial charge in [-0.1, -0.05) is 18.2 Å². The van der Waals surface area contributed by atoms with Crippen LogP contribution in [0.1, 0.15) is 44.4 Å². The minimum atomic E-state index is -1.07. The van der Waals surface area contributed by atoms with Crippen LogP contribution in [-0.4, -0.2) is 8.96 Å². The van der Waals surface area contributed by atoms with E-state index >= 15 is 0 Å². The van der Waals surface area contributed by atoms with Crippen LogP contribution in [0.25, 0.3) is 4.85 Å². The Hall–Kier alpha value is -0.830. The molecule has 104 valence electrons. The van der Waals surface area contributed by atoms with Gasteiger partial charge in [0.25, 0.3) is 0 Å². The molecule has 0 heterocycles. The first-order chi connectivity index (χ1) is 8.43. The third-order valence-electron chi connectivity index (χ3n) is 3.17. The van der Waals surface area contributed by atoms with Gasteiger partial charge < -0.3 is 0 Å². The third kappa shape index (κ3) is 3.38. The predicted molar refractivity (Wildman–Crippen MR) is 85.2 cm³/mol. The number of hydrogen-bond donors (Lipinski definition) is 1. The molecule has 0 radical (unpaired) electrons. The van der Waals surface area contributed by atoms with Gasteiger partial charge >= 0.3 is 0 Å². The van der Waals surface area contributed by atoms with E-state index in [1.807, 2.05) is 39.0 Å². The van der Waals surface area contributed by atoms with Crippen LogP contribution in [0.3, 0.4) is 0 Å². The largest absolute Gasteiger partial charge is 0.242 e. The molecular formula is C14H20N2OS2. The maximum atomic E-state index is 12.1. The molecule has 0 fully saturated rings. The Balaban J connectivity index is 0.00000180. The van der Waals surface area contributed by atoms with Crippen LogP contribution in [0.5, 0.6) is 0 Å². The summed E-state index contributed by atoms with van der Waals surface area (Å²) in [5.41, 5.74) is 3.00. The van der Waals surface area contributed by atoms with Crippen molar-refractivity contribution in [2.45, 2.75) is 44.4 Å². The average Bonchev–Trinajstić information content (AvgIpc) is 2.71. The molecule has 2 atom stereocenters. The number of rotatable bonds is 2. The van der Waals surface area contributed by atoms with E-state index in [-0.39, 0.29) is 24.3 Å². The van der Waals surface area contributed by atoms with Gasteiger partial charge in [-0.2, -0.15) is 13.5 Å². The highest BCUT2D eigenvalue weighted by Gasteiger charge is 2.28. The quantitative estimate of drug-likeness (QED) is 0.834. The van der Waals surface area contributed by atoms with Gasteiger partial charge in [0.15, 0.2) is 5.69 Å². The molecule has 1 aliphatic rings. The van der Waals surface area contributed by atoms with E-state index in [0.29, 0.717) is 0 Å². The Kier molecular flexibility index (Phi) is 5.19. The Morgan fingerprint density at radius 3 is 2.68 bits per heavy atom. The molecule has 0 aliphatic heterocycles. The first kappa shape index (κ1) is 16.2. The van der Waals surface area contributed by atoms with Gasteiger partial charge in [-0.05, 0) is 44.7 Å². The molecule has 1 aliphatic carbocycles. The van der Waals surface area contributed by atoms with Crippen molar-refractivity contribution in [3.63, 3.8) is 0 Å². The van der Waals surface area contributed by atoms with E-state index in [4.69, 9.17) is 6.57 Å². The molecule has 3 nitrogen and oxygen atoms in total. The van der Waals surface area contributed by atoms with Crippen LogP contribution in [0.4, 0.5) is 5.69 Å². The zero-order chi connectivity index (χ0) is 13.3. The molecule has 0 saturated carbocycles. The summed E-state index contributed by atoms with van der Waals surface area (Å²) in [6, 6.07) is 5.91. The summed E-state index contributed by atoms with van der Waals surface area (Å²) in [5, 5.41) is 0. The first-order valence-electron chi connectivity index (χ1n) is 6.11. The lowest BCUT2D eigenvalue weighted by Gasteiger charge is -2.22. The second-order valence-corrected chi connectivity index (χ2v) is 7.54. The molecule has 0 saturated heterocycles. The summed E-state index contributed by atoms with van der Waals surface area (Å²) in [5.74, 6) is 0. The van der Waals surface area contributed by atoms with Crippen LogP contribution < -0.4 is 4.72 Å². The second-order valence-electron chi connectivity index (χ2n) is 5.55. The highest BCUT2D eigenvalue weighted by molar-refractivity contribution is 7.84. The van der Waals surface area contributed by atoms with Crippen molar-refractivity contribution in [3.05, 3.63) is 40.7 Å². The third-order valence-corrected chi connectivity index (χ3v) is 4.78. The van der Waals surface area contributed by atoms with Gasteiger partial charge in [0, 0.05) is 6.04 Å². The lowest BCUT2D eigenvalue weighted by Crippen LogP contribution is -2.35. The Morgan fingerprint density at radius 2 is 2.11 bits per heavy atom. The Bertz CT molecular complexity index is 529. The topological polar surface area (TPSA) is 33.5 Å². The summed E-state index contributed by atoms with van der Waals surface area (Å²) in [4.78, 5) is 3.55. The van der Waals surface area contributed by atoms with E-state index in [2.05, 4.69) is 9.57 Å². The second kappa shape index (κ2) is 6.08. The van der Waals surface area contributed by atoms with Gasteiger partial charge in [-0.25, -0.2) is 13.8 Å². The summed E-state index contributed by atoms with van der Waals surface area (Å²) in [7, 11) is -1.07. The smallest absolute Gasteiger partial charge is 0.190 e. The number of nitrogens with one attached hydrogen (secondary N) is 1. The summed E-state index contributed by atoms with van der Waals surface area (Å²) in [6.45, 7) is 13.0. The molecule has 5 heteroatoms. The van der Waals surface area contributed by atoms with Crippen LogP contribution in [-0.2, 0) is 17.4 Å². The van der Waals surface area contributed by atoms with Crippen molar-refractivity contribution in [1.29, 1.82) is 0 Å². The molecular weight excluding hydrogens is 276 g/mol. The maximum absolute atomic E-state index is 12.1. The summed E-state index contributed by atoms with van der Waals surface area (Å²) < 4.78 is 15.1. The fourth-order valence-electron chi connectivity index (χ4n) is 2.17. The molecule has 0 amide bonds. The zero-order valence-corrected chi connectivity index (χ0v) is 13.3. The normalized spacial score (nSPS) is 19.2. The molecule has 0 aromatic heterocycles. The maximum Gasteiger partial charge on any atom is 0.190 e. The zero-order valence-electron chi connectivity index (χ0n) is 11.5. The van der Waals surface area contributed by atoms with Crippen LogP contribution in [0, 0.1) is 6.57 Å². The van der Waals surface area contributed by atoms with Gasteiger partial charge in [0.1, 0.15) is 0 Å². The number of benzene rings is 1. The fourth-order valence-corrected chi connectivity index (χ4v) is 3.02. The van der Waals surface area contributed by atoms with Crippen molar-refractivity contribution in [1.82, 2.24) is 4.72 Å². The van der Waals surface area contributed by atoms with E-state index < -0.39 is 11.0 Å². The van der Waals surface area contributed by atoms with E-state index in [9.17, 15) is 4.21 Å². The van der Waals surface area contributed by atoms with Crippen molar-refractivity contribution < 1.29 is 4.21 Å². The average molecular weight is 296 g/mol. The molecule has 0 bridgehead atoms. The summed E-state index contributed by atoms with van der Waals surface area (Å²) in [6.07, 6.45) is 1.82. The molecule has 19 heavy (non-hydrogen) atoms. The standard InChI is InChI=1S/C14H18N2OS.H2S/c1-14(2,3)18(17)16-13-9-8-11-10(13)6-5-7-12(11)15-4;/h5-7,13,16H,8-9H2,1-3H3;1H2/t13-,18?;/m0./s1. The summed E-state index contributed by atoms with van der Waals surface area (Å²) >= 11 is 0. The van der Waals surface area contributed by atoms with E-state index in [0.717, 1.165) is 29.7 Å². The fraction of sp³-hybridized carbons (Fsp3) is 0.500. The lowest BCUT2D eigenvalue weighted by atomic mass is 10.1. The first-order valence-corrected chi connectivity index (χ1v) is 7.26. The molecule has 1 aromatic rings. The number of fused-ring (bicyclic) bond motifs is 1. The van der Waals surface area contributed by atoms with Crippen LogP contribution >= 0.6 is 13.5 Å². The highest BCUT2D eigenvalue weighted by atomic mass is 32.2. The van der Waals surface area contributed by atoms with Gasteiger partial charge in [-0.15, -0.1) is 0 Å². The minimum absolute atomic E-state index is 0. The monoisotopic (exact) mass is 296 g/mol. The van der Waals surface area contributed by atoms with Crippen LogP contribution in [0.2, 0.25) is 0 Å². The van der Waals surface area contributed by atoms with Gasteiger partial charge in [0.05, 0.1) is 22.3 Å². The SMILES string of the molecule is S.[C-]#[N+]c1cccc2c1CC[C@@H]2NS(=O)C(C)(C)C. The van der Waals surface area contributed by atoms with E-state index in [1.54, 1.807) is 0 Å². The van der Waals surface area contributed by atoms with E-state index in [1.165, 1.54) is 0 Å². The molecule has 1 N–H and O–H groups in total. The molecule has 1 unspecified atom stereocenters. The van der Waals surface area contributed by atoms with Gasteiger partial charge in [0.2, 0.25) is 0 Å². The predicted octanol–water partition coefficient (Wildman–Crippen LogP) is 3.39. The molecule has 0 spiro atoms. The molecule has 2 rings (SSSR count). The Labute approximate surface area is 124 Å². The van der Waals surface area contributed by atoms with Crippen LogP contribution in [0.15, 0.2) is 18.2 Å². The molecule has 1 aromatic carbocycles. The Morgan fingerprint density at radius 1 is 1.42 bits per heavy atom. The van der Waals surface area contributed by atoms with Crippen molar-refractivity contribution >= 4 is 30.2 Å². The highest BCUT2D eigenvalue weighted by Crippen LogP contribution is 2.37.